The lowest BCUT2D eigenvalue weighted by atomic mass is 9.74. The number of aromatic hydroxyl groups is 2. The molecule has 4 heteroatoms. The molecule has 0 saturated heterocycles. The van der Waals surface area contributed by atoms with Crippen molar-refractivity contribution in [3.63, 3.8) is 0 Å². The van der Waals surface area contributed by atoms with E-state index in [4.69, 9.17) is 4.74 Å². The van der Waals surface area contributed by atoms with Gasteiger partial charge in [-0.2, -0.15) is 0 Å². The molecule has 0 radical (unpaired) electrons. The summed E-state index contributed by atoms with van der Waals surface area (Å²) in [6.45, 7) is 10.3. The van der Waals surface area contributed by atoms with Gasteiger partial charge in [0, 0.05) is 18.1 Å². The molecule has 2 rings (SSSR count). The number of phenols is 2. The van der Waals surface area contributed by atoms with E-state index in [0.717, 1.165) is 43.4 Å². The number of rotatable bonds is 9. The van der Waals surface area contributed by atoms with Crippen molar-refractivity contribution in [3.05, 3.63) is 47.1 Å². The van der Waals surface area contributed by atoms with Gasteiger partial charge in [-0.3, -0.25) is 0 Å². The van der Waals surface area contributed by atoms with Crippen molar-refractivity contribution < 1.29 is 14.9 Å². The standard InChI is InChI=1S/C22H33NO3/c1-15(2)18-8-7-16(3)11-19(18)22-20(24)12-17(13-21(22)25)14-26-10-6-5-9-23-4/h11-13,18-19,23-25H,1,5-10,14H2,2-4H3/t18-,19+/m0/s1. The number of ether oxygens (including phenoxy) is 1. The molecule has 3 N–H and O–H groups in total. The number of benzene rings is 1. The second-order valence-electron chi connectivity index (χ2n) is 7.44. The smallest absolute Gasteiger partial charge is 0.123 e. The van der Waals surface area contributed by atoms with E-state index in [-0.39, 0.29) is 23.3 Å². The third-order valence-electron chi connectivity index (χ3n) is 5.14. The Hall–Kier alpha value is -1.78. The van der Waals surface area contributed by atoms with Gasteiger partial charge in [-0.15, -0.1) is 0 Å². The Bertz CT molecular complexity index is 628. The summed E-state index contributed by atoms with van der Waals surface area (Å²) in [5, 5.41) is 24.3. The molecule has 1 aromatic rings. The van der Waals surface area contributed by atoms with Crippen molar-refractivity contribution in [1.82, 2.24) is 5.32 Å². The van der Waals surface area contributed by atoms with Crippen molar-refractivity contribution >= 4 is 0 Å². The first kappa shape index (κ1) is 20.5. The number of hydrogen-bond acceptors (Lipinski definition) is 4. The summed E-state index contributed by atoms with van der Waals surface area (Å²) in [6.07, 6.45) is 6.26. The molecule has 1 aliphatic rings. The van der Waals surface area contributed by atoms with Crippen LogP contribution in [0.5, 0.6) is 11.5 Å². The first-order valence-corrected chi connectivity index (χ1v) is 9.53. The molecule has 0 heterocycles. The zero-order chi connectivity index (χ0) is 19.1. The van der Waals surface area contributed by atoms with Gasteiger partial charge in [-0.05, 0) is 76.7 Å². The fraction of sp³-hybridized carbons (Fsp3) is 0.545. The monoisotopic (exact) mass is 359 g/mol. The number of allylic oxidation sites excluding steroid dienone is 3. The number of phenolic OH excluding ortho intramolecular Hbond substituents is 2. The maximum absolute atomic E-state index is 10.6. The van der Waals surface area contributed by atoms with Gasteiger partial charge >= 0.3 is 0 Å². The third kappa shape index (κ3) is 5.36. The van der Waals surface area contributed by atoms with Crippen LogP contribution < -0.4 is 5.32 Å². The number of nitrogens with one attached hydrogen (secondary N) is 1. The Morgan fingerprint density at radius 2 is 1.96 bits per heavy atom. The van der Waals surface area contributed by atoms with E-state index in [1.807, 2.05) is 14.0 Å². The van der Waals surface area contributed by atoms with Gasteiger partial charge < -0.3 is 20.3 Å². The van der Waals surface area contributed by atoms with Crippen LogP contribution in [0.25, 0.3) is 0 Å². The largest absolute Gasteiger partial charge is 0.507 e. The summed E-state index contributed by atoms with van der Waals surface area (Å²) in [5.74, 6) is 0.490. The molecule has 144 valence electrons. The predicted molar refractivity (Wildman–Crippen MR) is 107 cm³/mol. The molecule has 0 unspecified atom stereocenters. The van der Waals surface area contributed by atoms with Gasteiger partial charge in [0.05, 0.1) is 6.61 Å². The average Bonchev–Trinajstić information content (AvgIpc) is 2.57. The molecule has 1 aromatic carbocycles. The highest BCUT2D eigenvalue weighted by atomic mass is 16.5. The molecule has 26 heavy (non-hydrogen) atoms. The van der Waals surface area contributed by atoms with E-state index in [1.165, 1.54) is 5.57 Å². The summed E-state index contributed by atoms with van der Waals surface area (Å²) in [4.78, 5) is 0. The molecule has 2 atom stereocenters. The second kappa shape index (κ2) is 9.79. The van der Waals surface area contributed by atoms with Crippen LogP contribution in [0.3, 0.4) is 0 Å². The summed E-state index contributed by atoms with van der Waals surface area (Å²) in [5.41, 5.74) is 3.78. The minimum atomic E-state index is -0.0298. The molecular weight excluding hydrogens is 326 g/mol. The Kier molecular flexibility index (Phi) is 7.73. The predicted octanol–water partition coefficient (Wildman–Crippen LogP) is 4.63. The van der Waals surface area contributed by atoms with Crippen LogP contribution >= 0.6 is 0 Å². The molecular formula is C22H33NO3. The first-order valence-electron chi connectivity index (χ1n) is 9.53. The normalized spacial score (nSPS) is 20.0. The molecule has 0 amide bonds. The van der Waals surface area contributed by atoms with Crippen LogP contribution in [0, 0.1) is 5.92 Å². The average molecular weight is 360 g/mol. The highest BCUT2D eigenvalue weighted by Crippen LogP contribution is 2.46. The van der Waals surface area contributed by atoms with Crippen molar-refractivity contribution in [2.75, 3.05) is 20.2 Å². The molecule has 0 spiro atoms. The minimum absolute atomic E-state index is 0.0298. The second-order valence-corrected chi connectivity index (χ2v) is 7.44. The van der Waals surface area contributed by atoms with Gasteiger partial charge in [0.15, 0.2) is 0 Å². The zero-order valence-corrected chi connectivity index (χ0v) is 16.3. The summed E-state index contributed by atoms with van der Waals surface area (Å²) < 4.78 is 5.66. The number of hydrogen-bond donors (Lipinski definition) is 3. The zero-order valence-electron chi connectivity index (χ0n) is 16.3. The van der Waals surface area contributed by atoms with Gasteiger partial charge in [-0.25, -0.2) is 0 Å². The van der Waals surface area contributed by atoms with Crippen molar-refractivity contribution in [1.29, 1.82) is 0 Å². The summed E-state index contributed by atoms with van der Waals surface area (Å²) in [7, 11) is 1.94. The van der Waals surface area contributed by atoms with Crippen LogP contribution in [0.15, 0.2) is 35.9 Å². The fourth-order valence-electron chi connectivity index (χ4n) is 3.71. The number of unbranched alkanes of at least 4 members (excludes halogenated alkanes) is 1. The highest BCUT2D eigenvalue weighted by molar-refractivity contribution is 5.51. The van der Waals surface area contributed by atoms with Crippen LogP contribution in [0.4, 0.5) is 0 Å². The lowest BCUT2D eigenvalue weighted by molar-refractivity contribution is 0.117. The SMILES string of the molecule is C=C(C)[C@@H]1CCC(C)=C[C@H]1c1c(O)cc(COCCCCNC)cc1O. The summed E-state index contributed by atoms with van der Waals surface area (Å²) in [6, 6.07) is 3.44. The summed E-state index contributed by atoms with van der Waals surface area (Å²) >= 11 is 0. The van der Waals surface area contributed by atoms with E-state index in [9.17, 15) is 10.2 Å². The van der Waals surface area contributed by atoms with Crippen LogP contribution in [-0.4, -0.2) is 30.4 Å². The van der Waals surface area contributed by atoms with E-state index in [0.29, 0.717) is 18.8 Å². The Morgan fingerprint density at radius 3 is 2.58 bits per heavy atom. The lowest BCUT2D eigenvalue weighted by Crippen LogP contribution is -2.17. The van der Waals surface area contributed by atoms with Crippen LogP contribution in [0.2, 0.25) is 0 Å². The lowest BCUT2D eigenvalue weighted by Gasteiger charge is -2.31. The third-order valence-corrected chi connectivity index (χ3v) is 5.14. The van der Waals surface area contributed by atoms with Crippen molar-refractivity contribution in [3.8, 4) is 11.5 Å². The van der Waals surface area contributed by atoms with E-state index in [1.54, 1.807) is 12.1 Å². The van der Waals surface area contributed by atoms with Crippen molar-refractivity contribution in [2.45, 2.75) is 52.1 Å². The highest BCUT2D eigenvalue weighted by Gasteiger charge is 2.30. The molecule has 1 aliphatic carbocycles. The van der Waals surface area contributed by atoms with Gasteiger partial charge in [0.2, 0.25) is 0 Å². The molecule has 0 aliphatic heterocycles. The van der Waals surface area contributed by atoms with E-state index in [2.05, 4.69) is 24.9 Å². The topological polar surface area (TPSA) is 61.7 Å². The van der Waals surface area contributed by atoms with E-state index >= 15 is 0 Å². The van der Waals surface area contributed by atoms with Gasteiger partial charge in [-0.1, -0.05) is 23.8 Å². The van der Waals surface area contributed by atoms with Crippen molar-refractivity contribution in [2.24, 2.45) is 5.92 Å². The molecule has 4 nitrogen and oxygen atoms in total. The molecule has 0 fully saturated rings. The molecule has 0 aromatic heterocycles. The maximum Gasteiger partial charge on any atom is 0.123 e. The minimum Gasteiger partial charge on any atom is -0.507 e. The van der Waals surface area contributed by atoms with Crippen LogP contribution in [0.1, 0.15) is 56.6 Å². The van der Waals surface area contributed by atoms with Gasteiger partial charge in [0.25, 0.3) is 0 Å². The molecule has 0 bridgehead atoms. The van der Waals surface area contributed by atoms with E-state index < -0.39 is 0 Å². The fourth-order valence-corrected chi connectivity index (χ4v) is 3.71. The Labute approximate surface area is 157 Å². The molecule has 0 saturated carbocycles. The quantitative estimate of drug-likeness (QED) is 0.444. The van der Waals surface area contributed by atoms with Gasteiger partial charge in [0.1, 0.15) is 11.5 Å². The Morgan fingerprint density at radius 1 is 1.27 bits per heavy atom. The first-order chi connectivity index (χ1) is 12.4. The maximum atomic E-state index is 10.6. The Balaban J connectivity index is 2.11. The van der Waals surface area contributed by atoms with Crippen LogP contribution in [-0.2, 0) is 11.3 Å².